The van der Waals surface area contributed by atoms with Gasteiger partial charge in [0.1, 0.15) is 36.9 Å². The van der Waals surface area contributed by atoms with Gasteiger partial charge in [-0.25, -0.2) is 14.4 Å². The van der Waals surface area contributed by atoms with E-state index < -0.39 is 38.7 Å². The number of hydrogen-bond acceptors (Lipinski definition) is 12. The molecular weight excluding hydrogens is 796 g/mol. The lowest BCUT2D eigenvalue weighted by atomic mass is 9.79. The molecule has 5 aromatic rings. The van der Waals surface area contributed by atoms with E-state index >= 15 is 0 Å². The molecule has 1 N–H and O–H groups in total. The molecule has 61 heavy (non-hydrogen) atoms. The van der Waals surface area contributed by atoms with Gasteiger partial charge in [-0.1, -0.05) is 104 Å². The topological polar surface area (TPSA) is 141 Å². The first-order chi connectivity index (χ1) is 29.6. The molecule has 0 spiro atoms. The second-order valence-corrected chi connectivity index (χ2v) is 16.1. The number of amides is 1. The molecular formula is C46H55N6O8P. The lowest BCUT2D eigenvalue weighted by Gasteiger charge is -2.39. The third-order valence-electron chi connectivity index (χ3n) is 9.85. The summed E-state index contributed by atoms with van der Waals surface area (Å²) in [6.45, 7) is 20.3. The smallest absolute Gasteiger partial charge is 0.414 e. The van der Waals surface area contributed by atoms with Crippen LogP contribution in [0.2, 0.25) is 0 Å². The highest BCUT2D eigenvalue weighted by molar-refractivity contribution is 7.44. The maximum atomic E-state index is 12.6. The van der Waals surface area contributed by atoms with Gasteiger partial charge in [0.25, 0.3) is 8.53 Å². The molecule has 1 saturated heterocycles. The molecule has 0 bridgehead atoms. The van der Waals surface area contributed by atoms with Crippen LogP contribution in [-0.2, 0) is 28.9 Å². The Bertz CT molecular complexity index is 2160. The molecule has 0 saturated carbocycles. The van der Waals surface area contributed by atoms with Gasteiger partial charge < -0.3 is 32.7 Å². The summed E-state index contributed by atoms with van der Waals surface area (Å²) in [5, 5.41) is 2.59. The highest BCUT2D eigenvalue weighted by Gasteiger charge is 2.47. The normalized spacial score (nSPS) is 17.1. The van der Waals surface area contributed by atoms with E-state index in [9.17, 15) is 4.79 Å². The van der Waals surface area contributed by atoms with E-state index in [0.29, 0.717) is 24.2 Å². The Hall–Kier alpha value is -5.47. The van der Waals surface area contributed by atoms with Crippen LogP contribution in [-0.4, -0.2) is 88.1 Å². The Kier molecular flexibility index (Phi) is 15.8. The third kappa shape index (κ3) is 10.5. The van der Waals surface area contributed by atoms with Crippen LogP contribution in [0.1, 0.15) is 57.0 Å². The molecule has 4 atom stereocenters. The van der Waals surface area contributed by atoms with Gasteiger partial charge in [-0.3, -0.25) is 9.88 Å². The minimum atomic E-state index is -1.54. The van der Waals surface area contributed by atoms with E-state index in [1.807, 2.05) is 60.7 Å². The number of fused-ring (bicyclic) bond motifs is 1. The molecule has 1 amide bonds. The van der Waals surface area contributed by atoms with Gasteiger partial charge in [-0.2, -0.15) is 9.97 Å². The van der Waals surface area contributed by atoms with Crippen LogP contribution in [0, 0.1) is 0 Å². The highest BCUT2D eigenvalue weighted by Crippen LogP contribution is 2.49. The minimum absolute atomic E-state index is 0.00346. The quantitative estimate of drug-likeness (QED) is 0.0403. The van der Waals surface area contributed by atoms with Gasteiger partial charge in [-0.05, 0) is 56.5 Å². The fourth-order valence-corrected chi connectivity index (χ4v) is 8.91. The summed E-state index contributed by atoms with van der Waals surface area (Å²) in [4.78, 5) is 26.4. The van der Waals surface area contributed by atoms with Crippen molar-refractivity contribution in [2.75, 3.05) is 38.9 Å². The molecule has 1 aliphatic heterocycles. The number of carbonyl (C=O) groups is 1. The van der Waals surface area contributed by atoms with Gasteiger partial charge in [0.2, 0.25) is 11.8 Å². The zero-order valence-corrected chi connectivity index (χ0v) is 36.3. The summed E-state index contributed by atoms with van der Waals surface area (Å²) in [6, 6.07) is 28.5. The van der Waals surface area contributed by atoms with E-state index in [0.717, 1.165) is 22.4 Å². The molecule has 0 aliphatic carbocycles. The number of carbonyl (C=O) groups excluding carboxylic acids is 1. The van der Waals surface area contributed by atoms with Gasteiger partial charge in [0.05, 0.1) is 32.8 Å². The van der Waals surface area contributed by atoms with Crippen LogP contribution in [0.25, 0.3) is 11.2 Å². The van der Waals surface area contributed by atoms with Crippen LogP contribution >= 0.6 is 8.53 Å². The number of hydrogen-bond donors (Lipinski definition) is 1. The number of imidazole rings is 1. The van der Waals surface area contributed by atoms with Gasteiger partial charge >= 0.3 is 6.09 Å². The molecule has 2 aromatic heterocycles. The Balaban J connectivity index is 1.47. The molecule has 15 heteroatoms. The van der Waals surface area contributed by atoms with Crippen molar-refractivity contribution in [1.82, 2.24) is 24.2 Å². The van der Waals surface area contributed by atoms with E-state index in [2.05, 4.69) is 91.7 Å². The molecule has 1 unspecified atom stereocenters. The molecule has 3 aromatic carbocycles. The molecule has 322 valence electrons. The standard InChI is InChI=1S/C46H55N6O8P/c1-9-26-55-43-41-42(48-44(49-43)50-45(53)56-27-10-2)51(31-47-41)40-29-38(39(59-40)30-58-61(57-28-11-3)52(32(4)5)33(6)7)60-46(34-18-14-12-15-19-34,35-20-16-13-17-21-35)36-22-24-37(54-8)25-23-36/h9-25,31-33,38-40H,1-3,26-30H2,4-8H3,(H,48,49,50,53)/t38-,39+,40+,61?/m0/s1. The van der Waals surface area contributed by atoms with Crippen LogP contribution < -0.4 is 14.8 Å². The number of aromatic nitrogens is 4. The largest absolute Gasteiger partial charge is 0.497 e. The highest BCUT2D eigenvalue weighted by atomic mass is 31.2. The molecule has 1 fully saturated rings. The lowest BCUT2D eigenvalue weighted by Crippen LogP contribution is -2.41. The van der Waals surface area contributed by atoms with Crippen molar-refractivity contribution in [2.45, 2.75) is 70.2 Å². The Labute approximate surface area is 359 Å². The fourth-order valence-electron chi connectivity index (χ4n) is 7.30. The molecule has 6 rings (SSSR count). The number of methoxy groups -OCH3 is 1. The van der Waals surface area contributed by atoms with Crippen LogP contribution in [0.3, 0.4) is 0 Å². The number of nitrogens with one attached hydrogen (secondary N) is 1. The molecule has 3 heterocycles. The van der Waals surface area contributed by atoms with Crippen molar-refractivity contribution in [1.29, 1.82) is 0 Å². The van der Waals surface area contributed by atoms with Crippen LogP contribution in [0.15, 0.2) is 129 Å². The van der Waals surface area contributed by atoms with Crippen molar-refractivity contribution >= 4 is 31.7 Å². The van der Waals surface area contributed by atoms with Gasteiger partial charge in [0.15, 0.2) is 11.2 Å². The summed E-state index contributed by atoms with van der Waals surface area (Å²) in [5.74, 6) is 0.815. The second-order valence-electron chi connectivity index (χ2n) is 14.6. The summed E-state index contributed by atoms with van der Waals surface area (Å²) in [6.07, 6.45) is 4.09. The van der Waals surface area contributed by atoms with Crippen molar-refractivity contribution < 1.29 is 37.5 Å². The van der Waals surface area contributed by atoms with Crippen LogP contribution in [0.4, 0.5) is 10.7 Å². The monoisotopic (exact) mass is 850 g/mol. The van der Waals surface area contributed by atoms with Crippen molar-refractivity contribution in [3.8, 4) is 11.6 Å². The first kappa shape index (κ1) is 45.1. The van der Waals surface area contributed by atoms with Gasteiger partial charge in [-0.15, -0.1) is 6.58 Å². The zero-order valence-electron chi connectivity index (χ0n) is 35.4. The molecule has 1 aliphatic rings. The van der Waals surface area contributed by atoms with Crippen molar-refractivity contribution in [3.63, 3.8) is 0 Å². The number of rotatable bonds is 22. The predicted molar refractivity (Wildman–Crippen MR) is 236 cm³/mol. The SMILES string of the molecule is C=CCOC(=O)Nc1nc(OCC=C)c2ncn([C@H]3C[C@H](OC(c4ccccc4)(c4ccccc4)c4ccc(OC)cc4)[C@@H](COP(OCC=C)N(C(C)C)C(C)C)O3)c2n1. The first-order valence-electron chi connectivity index (χ1n) is 20.2. The average molecular weight is 851 g/mol. The van der Waals surface area contributed by atoms with Crippen molar-refractivity contribution in [2.24, 2.45) is 0 Å². The summed E-state index contributed by atoms with van der Waals surface area (Å²) in [7, 11) is 0.107. The maximum Gasteiger partial charge on any atom is 0.414 e. The molecule has 14 nitrogen and oxygen atoms in total. The predicted octanol–water partition coefficient (Wildman–Crippen LogP) is 9.36. The molecule has 0 radical (unpaired) electrons. The average Bonchev–Trinajstić information content (AvgIpc) is 3.89. The minimum Gasteiger partial charge on any atom is -0.497 e. The third-order valence-corrected chi connectivity index (χ3v) is 11.9. The second kappa shape index (κ2) is 21.4. The van der Waals surface area contributed by atoms with Crippen LogP contribution in [0.5, 0.6) is 11.6 Å². The van der Waals surface area contributed by atoms with Crippen molar-refractivity contribution in [3.05, 3.63) is 146 Å². The maximum absolute atomic E-state index is 12.6. The summed E-state index contributed by atoms with van der Waals surface area (Å²) in [5.41, 5.74) is 2.32. The number of ether oxygens (including phenoxy) is 5. The number of benzene rings is 3. The Morgan fingerprint density at radius 2 is 1.51 bits per heavy atom. The number of nitrogens with zero attached hydrogens (tertiary/aromatic N) is 5. The van der Waals surface area contributed by atoms with Gasteiger partial charge in [0, 0.05) is 18.5 Å². The van der Waals surface area contributed by atoms with E-state index in [1.54, 1.807) is 30.2 Å². The Morgan fingerprint density at radius 3 is 2.10 bits per heavy atom. The summed E-state index contributed by atoms with van der Waals surface area (Å²) < 4.78 is 48.4. The van der Waals surface area contributed by atoms with E-state index in [4.69, 9.17) is 37.7 Å². The summed E-state index contributed by atoms with van der Waals surface area (Å²) >= 11 is 0. The lowest BCUT2D eigenvalue weighted by molar-refractivity contribution is -0.0968. The zero-order chi connectivity index (χ0) is 43.4. The Morgan fingerprint density at radius 1 is 0.885 bits per heavy atom. The van der Waals surface area contributed by atoms with E-state index in [-0.39, 0.29) is 43.7 Å². The fraction of sp³-hybridized carbons (Fsp3) is 0.348. The van der Waals surface area contributed by atoms with E-state index in [1.165, 1.54) is 6.08 Å². The first-order valence-corrected chi connectivity index (χ1v) is 21.3. The number of anilines is 1.